The van der Waals surface area contributed by atoms with Crippen molar-refractivity contribution in [2.45, 2.75) is 13.5 Å². The summed E-state index contributed by atoms with van der Waals surface area (Å²) >= 11 is 12.2. The summed E-state index contributed by atoms with van der Waals surface area (Å²) in [7, 11) is 0. The van der Waals surface area contributed by atoms with E-state index in [0.29, 0.717) is 12.3 Å². The van der Waals surface area contributed by atoms with E-state index in [9.17, 15) is 0 Å². The first kappa shape index (κ1) is 16.6. The molecule has 2 aromatic carbocycles. The minimum atomic E-state index is 0.553. The van der Waals surface area contributed by atoms with Crippen LogP contribution in [0, 0.1) is 6.92 Å². The molecule has 1 aromatic heterocycles. The third-order valence-corrected chi connectivity index (χ3v) is 4.37. The monoisotopic (exact) mass is 358 g/mol. The van der Waals surface area contributed by atoms with Gasteiger partial charge in [0, 0.05) is 15.6 Å². The number of halogens is 2. The van der Waals surface area contributed by atoms with Crippen molar-refractivity contribution in [1.29, 1.82) is 0 Å². The van der Waals surface area contributed by atoms with Crippen LogP contribution in [-0.2, 0) is 6.54 Å². The molecule has 0 aliphatic rings. The zero-order chi connectivity index (χ0) is 16.9. The number of hydrogen-bond acceptors (Lipinski definition) is 3. The van der Waals surface area contributed by atoms with E-state index in [2.05, 4.69) is 10.5 Å². The highest BCUT2D eigenvalue weighted by Crippen LogP contribution is 2.26. The van der Waals surface area contributed by atoms with Crippen LogP contribution in [-0.4, -0.2) is 6.21 Å². The minimum Gasteiger partial charge on any atom is -0.455 e. The molecule has 0 saturated heterocycles. The summed E-state index contributed by atoms with van der Waals surface area (Å²) < 4.78 is 5.77. The lowest BCUT2D eigenvalue weighted by molar-refractivity contribution is 0.573. The number of aryl methyl sites for hydroxylation is 1. The molecule has 0 aliphatic carbocycles. The second-order valence-corrected chi connectivity index (χ2v) is 6.16. The molecule has 3 nitrogen and oxygen atoms in total. The third-order valence-electron chi connectivity index (χ3n) is 3.59. The number of rotatable bonds is 5. The molecule has 0 bridgehead atoms. The van der Waals surface area contributed by atoms with Crippen LogP contribution in [0.3, 0.4) is 0 Å². The molecule has 1 N–H and O–H groups in total. The average Bonchev–Trinajstić information content (AvgIpc) is 3.04. The van der Waals surface area contributed by atoms with Crippen LogP contribution in [0.15, 0.2) is 64.1 Å². The van der Waals surface area contributed by atoms with Crippen molar-refractivity contribution in [2.24, 2.45) is 5.10 Å². The van der Waals surface area contributed by atoms with Crippen molar-refractivity contribution in [3.8, 4) is 11.3 Å². The van der Waals surface area contributed by atoms with Gasteiger partial charge in [0.15, 0.2) is 0 Å². The van der Waals surface area contributed by atoms with Gasteiger partial charge < -0.3 is 9.84 Å². The Balaban J connectivity index is 1.63. The molecule has 0 spiro atoms. The molecule has 0 aliphatic heterocycles. The molecule has 3 rings (SSSR count). The lowest BCUT2D eigenvalue weighted by Gasteiger charge is -2.02. The highest BCUT2D eigenvalue weighted by Gasteiger charge is 2.05. The fourth-order valence-electron chi connectivity index (χ4n) is 2.21. The summed E-state index contributed by atoms with van der Waals surface area (Å²) in [6, 6.07) is 17.3. The van der Waals surface area contributed by atoms with Crippen LogP contribution < -0.4 is 5.43 Å². The highest BCUT2D eigenvalue weighted by molar-refractivity contribution is 6.31. The molecule has 122 valence electrons. The Morgan fingerprint density at radius 2 is 1.88 bits per heavy atom. The standard InChI is InChI=1S/C19H16Cl2N2O/c1-13-6-7-14(10-18(13)21)19-9-8-16(24-19)12-23-22-11-15-4-2-3-5-17(15)20/h2-10,12,22H,11H2,1H3/b23-12-. The molecule has 0 unspecified atom stereocenters. The fraction of sp³-hybridized carbons (Fsp3) is 0.105. The van der Waals surface area contributed by atoms with Gasteiger partial charge in [-0.2, -0.15) is 5.10 Å². The van der Waals surface area contributed by atoms with E-state index in [1.807, 2.05) is 61.5 Å². The Morgan fingerprint density at radius 1 is 1.04 bits per heavy atom. The molecule has 24 heavy (non-hydrogen) atoms. The maximum atomic E-state index is 6.16. The number of nitrogens with one attached hydrogen (secondary N) is 1. The van der Waals surface area contributed by atoms with Crippen LogP contribution in [0.1, 0.15) is 16.9 Å². The summed E-state index contributed by atoms with van der Waals surface area (Å²) in [5, 5.41) is 5.61. The van der Waals surface area contributed by atoms with Gasteiger partial charge >= 0.3 is 0 Å². The Morgan fingerprint density at radius 3 is 2.67 bits per heavy atom. The quantitative estimate of drug-likeness (QED) is 0.470. The van der Waals surface area contributed by atoms with Gasteiger partial charge in [0.2, 0.25) is 0 Å². The molecule has 0 atom stereocenters. The Kier molecular flexibility index (Phi) is 5.24. The zero-order valence-corrected chi connectivity index (χ0v) is 14.6. The SMILES string of the molecule is Cc1ccc(-c2ccc(/C=N\NCc3ccccc3Cl)o2)cc1Cl. The van der Waals surface area contributed by atoms with Gasteiger partial charge in [-0.3, -0.25) is 0 Å². The molecular formula is C19H16Cl2N2O. The predicted molar refractivity (Wildman–Crippen MR) is 99.8 cm³/mol. The van der Waals surface area contributed by atoms with Crippen LogP contribution in [0.2, 0.25) is 10.0 Å². The second kappa shape index (κ2) is 7.56. The molecule has 5 heteroatoms. The van der Waals surface area contributed by atoms with E-state index in [1.54, 1.807) is 6.21 Å². The second-order valence-electron chi connectivity index (χ2n) is 5.35. The summed E-state index contributed by atoms with van der Waals surface area (Å²) in [4.78, 5) is 0. The van der Waals surface area contributed by atoms with Crippen molar-refractivity contribution >= 4 is 29.4 Å². The molecule has 1 heterocycles. The molecular weight excluding hydrogens is 343 g/mol. The Hall–Kier alpha value is -2.23. The fourth-order valence-corrected chi connectivity index (χ4v) is 2.59. The van der Waals surface area contributed by atoms with Crippen LogP contribution in [0.25, 0.3) is 11.3 Å². The number of benzene rings is 2. The third kappa shape index (κ3) is 3.99. The van der Waals surface area contributed by atoms with Crippen LogP contribution >= 0.6 is 23.2 Å². The smallest absolute Gasteiger partial charge is 0.147 e. The first-order valence-electron chi connectivity index (χ1n) is 7.49. The first-order valence-corrected chi connectivity index (χ1v) is 8.25. The van der Waals surface area contributed by atoms with E-state index in [4.69, 9.17) is 27.6 Å². The minimum absolute atomic E-state index is 0.553. The molecule has 0 fully saturated rings. The summed E-state index contributed by atoms with van der Waals surface area (Å²) in [6.45, 7) is 2.52. The van der Waals surface area contributed by atoms with Gasteiger partial charge in [-0.1, -0.05) is 53.5 Å². The topological polar surface area (TPSA) is 37.5 Å². The number of nitrogens with zero attached hydrogens (tertiary/aromatic N) is 1. The van der Waals surface area contributed by atoms with Gasteiger partial charge in [-0.25, -0.2) is 0 Å². The van der Waals surface area contributed by atoms with Crippen molar-refractivity contribution < 1.29 is 4.42 Å². The van der Waals surface area contributed by atoms with E-state index in [1.165, 1.54) is 0 Å². The van der Waals surface area contributed by atoms with Crippen LogP contribution in [0.5, 0.6) is 0 Å². The highest BCUT2D eigenvalue weighted by atomic mass is 35.5. The predicted octanol–water partition coefficient (Wildman–Crippen LogP) is 5.69. The molecule has 0 saturated carbocycles. The van der Waals surface area contributed by atoms with E-state index in [0.717, 1.165) is 32.5 Å². The van der Waals surface area contributed by atoms with Gasteiger partial charge in [0.05, 0.1) is 12.8 Å². The van der Waals surface area contributed by atoms with Crippen LogP contribution in [0.4, 0.5) is 0 Å². The summed E-state index contributed by atoms with van der Waals surface area (Å²) in [5.41, 5.74) is 5.93. The van der Waals surface area contributed by atoms with Gasteiger partial charge in [0.25, 0.3) is 0 Å². The van der Waals surface area contributed by atoms with Gasteiger partial charge in [-0.05, 0) is 42.3 Å². The largest absolute Gasteiger partial charge is 0.455 e. The number of furan rings is 1. The lowest BCUT2D eigenvalue weighted by atomic mass is 10.1. The maximum absolute atomic E-state index is 6.16. The number of hydrogen-bond donors (Lipinski definition) is 1. The lowest BCUT2D eigenvalue weighted by Crippen LogP contribution is -2.05. The van der Waals surface area contributed by atoms with Crippen molar-refractivity contribution in [3.63, 3.8) is 0 Å². The molecule has 0 radical (unpaired) electrons. The van der Waals surface area contributed by atoms with E-state index >= 15 is 0 Å². The molecule has 3 aromatic rings. The maximum Gasteiger partial charge on any atom is 0.147 e. The van der Waals surface area contributed by atoms with E-state index < -0.39 is 0 Å². The molecule has 0 amide bonds. The van der Waals surface area contributed by atoms with E-state index in [-0.39, 0.29) is 0 Å². The average molecular weight is 359 g/mol. The van der Waals surface area contributed by atoms with Gasteiger partial charge in [-0.15, -0.1) is 0 Å². The number of hydrazone groups is 1. The summed E-state index contributed by atoms with van der Waals surface area (Å²) in [5.74, 6) is 1.41. The van der Waals surface area contributed by atoms with Gasteiger partial charge in [0.1, 0.15) is 11.5 Å². The Labute approximate surface area is 150 Å². The van der Waals surface area contributed by atoms with Crippen molar-refractivity contribution in [3.05, 3.63) is 81.5 Å². The normalized spacial score (nSPS) is 11.1. The zero-order valence-electron chi connectivity index (χ0n) is 13.1. The van der Waals surface area contributed by atoms with Crippen molar-refractivity contribution in [1.82, 2.24) is 5.43 Å². The Bertz CT molecular complexity index is 871. The first-order chi connectivity index (χ1) is 11.6. The van der Waals surface area contributed by atoms with Crippen molar-refractivity contribution in [2.75, 3.05) is 0 Å². The summed E-state index contributed by atoms with van der Waals surface area (Å²) in [6.07, 6.45) is 1.64.